The molecule has 0 saturated heterocycles. The number of amides is 1. The number of halogens is 2. The summed E-state index contributed by atoms with van der Waals surface area (Å²) in [4.78, 5) is 22.1. The van der Waals surface area contributed by atoms with E-state index in [1.165, 1.54) is 6.33 Å². The van der Waals surface area contributed by atoms with Crippen LogP contribution in [0, 0.1) is 0 Å². The Kier molecular flexibility index (Phi) is 5.57. The number of hydrogen-bond acceptors (Lipinski definition) is 4. The van der Waals surface area contributed by atoms with E-state index in [2.05, 4.69) is 15.3 Å². The third-order valence-corrected chi connectivity index (χ3v) is 3.87. The van der Waals surface area contributed by atoms with E-state index in [0.29, 0.717) is 34.6 Å². The maximum atomic E-state index is 12.3. The van der Waals surface area contributed by atoms with Gasteiger partial charge in [0.05, 0.1) is 10.0 Å². The van der Waals surface area contributed by atoms with Crippen LogP contribution in [0.25, 0.3) is 0 Å². The number of hydrogen-bond donors (Lipinski definition) is 1. The first-order valence-corrected chi connectivity index (χ1v) is 7.64. The van der Waals surface area contributed by atoms with Gasteiger partial charge in [-0.1, -0.05) is 23.2 Å². The van der Waals surface area contributed by atoms with Crippen molar-refractivity contribution >= 4 is 40.6 Å². The van der Waals surface area contributed by atoms with Crippen molar-refractivity contribution in [2.45, 2.75) is 13.8 Å². The molecule has 22 heavy (non-hydrogen) atoms. The van der Waals surface area contributed by atoms with Crippen molar-refractivity contribution in [3.8, 4) is 0 Å². The van der Waals surface area contributed by atoms with E-state index in [9.17, 15) is 4.79 Å². The molecule has 7 heteroatoms. The predicted octanol–water partition coefficient (Wildman–Crippen LogP) is 4.01. The average molecular weight is 339 g/mol. The molecule has 0 unspecified atom stereocenters. The van der Waals surface area contributed by atoms with Crippen LogP contribution in [-0.4, -0.2) is 33.9 Å². The van der Waals surface area contributed by atoms with Gasteiger partial charge in [0.1, 0.15) is 17.8 Å². The standard InChI is InChI=1S/C15H16Cl2N4O/c1-3-21(4-2)15(22)13-8-14(19-9-18-13)20-10-5-6-11(16)12(17)7-10/h5-9H,3-4H2,1-2H3,(H,18,19,20). The van der Waals surface area contributed by atoms with E-state index in [4.69, 9.17) is 23.2 Å². The van der Waals surface area contributed by atoms with Gasteiger partial charge in [0.2, 0.25) is 0 Å². The molecule has 0 aliphatic rings. The molecule has 0 aliphatic carbocycles. The van der Waals surface area contributed by atoms with Crippen LogP contribution in [0.3, 0.4) is 0 Å². The number of carbonyl (C=O) groups is 1. The van der Waals surface area contributed by atoms with Gasteiger partial charge in [0.25, 0.3) is 5.91 Å². The quantitative estimate of drug-likeness (QED) is 0.894. The fourth-order valence-electron chi connectivity index (χ4n) is 1.94. The summed E-state index contributed by atoms with van der Waals surface area (Å²) < 4.78 is 0. The fraction of sp³-hybridized carbons (Fsp3) is 0.267. The van der Waals surface area contributed by atoms with Gasteiger partial charge in [-0.05, 0) is 32.0 Å². The highest BCUT2D eigenvalue weighted by molar-refractivity contribution is 6.42. The molecule has 1 aromatic carbocycles. The van der Waals surface area contributed by atoms with Gasteiger partial charge in [-0.15, -0.1) is 0 Å². The Balaban J connectivity index is 2.21. The number of carbonyl (C=O) groups excluding carboxylic acids is 1. The summed E-state index contributed by atoms with van der Waals surface area (Å²) in [6, 6.07) is 6.78. The summed E-state index contributed by atoms with van der Waals surface area (Å²) in [7, 11) is 0. The third kappa shape index (κ3) is 3.87. The highest BCUT2D eigenvalue weighted by atomic mass is 35.5. The largest absolute Gasteiger partial charge is 0.340 e. The van der Waals surface area contributed by atoms with Crippen molar-refractivity contribution < 1.29 is 4.79 Å². The Morgan fingerprint density at radius 1 is 1.14 bits per heavy atom. The van der Waals surface area contributed by atoms with Gasteiger partial charge in [-0.3, -0.25) is 4.79 Å². The Bertz CT molecular complexity index is 674. The summed E-state index contributed by atoms with van der Waals surface area (Å²) in [5.74, 6) is 0.397. The number of benzene rings is 1. The zero-order valence-corrected chi connectivity index (χ0v) is 13.8. The molecule has 0 spiro atoms. The Hall–Kier alpha value is -1.85. The minimum atomic E-state index is -0.121. The van der Waals surface area contributed by atoms with Gasteiger partial charge in [-0.25, -0.2) is 9.97 Å². The van der Waals surface area contributed by atoms with Crippen LogP contribution in [0.4, 0.5) is 11.5 Å². The van der Waals surface area contributed by atoms with Crippen molar-refractivity contribution in [2.24, 2.45) is 0 Å². The molecule has 1 heterocycles. The molecule has 1 N–H and O–H groups in total. The lowest BCUT2D eigenvalue weighted by Gasteiger charge is -2.18. The molecule has 0 atom stereocenters. The molecule has 0 saturated carbocycles. The van der Waals surface area contributed by atoms with Crippen LogP contribution in [-0.2, 0) is 0 Å². The third-order valence-electron chi connectivity index (χ3n) is 3.13. The van der Waals surface area contributed by atoms with Crippen molar-refractivity contribution in [2.75, 3.05) is 18.4 Å². The Morgan fingerprint density at radius 2 is 1.86 bits per heavy atom. The van der Waals surface area contributed by atoms with E-state index in [-0.39, 0.29) is 5.91 Å². The summed E-state index contributed by atoms with van der Waals surface area (Å²) in [5.41, 5.74) is 1.08. The first-order chi connectivity index (χ1) is 10.5. The Labute approximate surface area is 139 Å². The number of nitrogens with zero attached hydrogens (tertiary/aromatic N) is 3. The maximum absolute atomic E-state index is 12.3. The molecule has 2 aromatic rings. The SMILES string of the molecule is CCN(CC)C(=O)c1cc(Nc2ccc(Cl)c(Cl)c2)ncn1. The number of nitrogens with one attached hydrogen (secondary N) is 1. The van der Waals surface area contributed by atoms with Crippen LogP contribution in [0.15, 0.2) is 30.6 Å². The topological polar surface area (TPSA) is 58.1 Å². The molecule has 1 amide bonds. The van der Waals surface area contributed by atoms with Crippen LogP contribution < -0.4 is 5.32 Å². The van der Waals surface area contributed by atoms with Gasteiger partial charge in [0, 0.05) is 24.8 Å². The average Bonchev–Trinajstić information content (AvgIpc) is 2.52. The molecule has 1 aromatic heterocycles. The zero-order chi connectivity index (χ0) is 16.1. The fourth-order valence-corrected chi connectivity index (χ4v) is 2.24. The van der Waals surface area contributed by atoms with Crippen molar-refractivity contribution in [1.29, 1.82) is 0 Å². The summed E-state index contributed by atoms with van der Waals surface area (Å²) in [6.45, 7) is 5.12. The van der Waals surface area contributed by atoms with Crippen LogP contribution in [0.5, 0.6) is 0 Å². The monoisotopic (exact) mass is 338 g/mol. The minimum absolute atomic E-state index is 0.121. The number of aromatic nitrogens is 2. The molecule has 0 aliphatic heterocycles. The molecular weight excluding hydrogens is 323 g/mol. The minimum Gasteiger partial charge on any atom is -0.340 e. The zero-order valence-electron chi connectivity index (χ0n) is 12.3. The highest BCUT2D eigenvalue weighted by Gasteiger charge is 2.14. The first-order valence-electron chi connectivity index (χ1n) is 6.88. The predicted molar refractivity (Wildman–Crippen MR) is 89.0 cm³/mol. The summed E-state index contributed by atoms with van der Waals surface area (Å²) in [5, 5.41) is 4.00. The van der Waals surface area contributed by atoms with E-state index in [1.807, 2.05) is 13.8 Å². The molecule has 0 fully saturated rings. The van der Waals surface area contributed by atoms with Crippen LogP contribution in [0.1, 0.15) is 24.3 Å². The van der Waals surface area contributed by atoms with Gasteiger partial charge in [0.15, 0.2) is 0 Å². The normalized spacial score (nSPS) is 10.4. The molecule has 116 valence electrons. The van der Waals surface area contributed by atoms with Crippen molar-refractivity contribution in [3.05, 3.63) is 46.3 Å². The van der Waals surface area contributed by atoms with E-state index in [0.717, 1.165) is 5.69 Å². The lowest BCUT2D eigenvalue weighted by Crippen LogP contribution is -2.31. The molecule has 0 radical (unpaired) electrons. The second kappa shape index (κ2) is 7.42. The first kappa shape index (κ1) is 16.5. The van der Waals surface area contributed by atoms with Gasteiger partial charge in [-0.2, -0.15) is 0 Å². The molecular formula is C15H16Cl2N4O. The van der Waals surface area contributed by atoms with E-state index in [1.54, 1.807) is 29.2 Å². The number of anilines is 2. The van der Waals surface area contributed by atoms with Crippen molar-refractivity contribution in [3.63, 3.8) is 0 Å². The van der Waals surface area contributed by atoms with Crippen LogP contribution in [0.2, 0.25) is 10.0 Å². The van der Waals surface area contributed by atoms with E-state index < -0.39 is 0 Å². The molecule has 2 rings (SSSR count). The lowest BCUT2D eigenvalue weighted by molar-refractivity contribution is 0.0767. The van der Waals surface area contributed by atoms with Gasteiger partial charge < -0.3 is 10.2 Å². The molecule has 5 nitrogen and oxygen atoms in total. The lowest BCUT2D eigenvalue weighted by atomic mass is 10.3. The van der Waals surface area contributed by atoms with E-state index >= 15 is 0 Å². The van der Waals surface area contributed by atoms with Crippen molar-refractivity contribution in [1.82, 2.24) is 14.9 Å². The Morgan fingerprint density at radius 3 is 2.50 bits per heavy atom. The summed E-state index contributed by atoms with van der Waals surface area (Å²) in [6.07, 6.45) is 1.36. The summed E-state index contributed by atoms with van der Waals surface area (Å²) >= 11 is 11.9. The smallest absolute Gasteiger partial charge is 0.272 e. The second-order valence-corrected chi connectivity index (χ2v) is 5.33. The number of rotatable bonds is 5. The molecule has 0 bridgehead atoms. The van der Waals surface area contributed by atoms with Gasteiger partial charge >= 0.3 is 0 Å². The maximum Gasteiger partial charge on any atom is 0.272 e. The second-order valence-electron chi connectivity index (χ2n) is 4.52. The van der Waals surface area contributed by atoms with Crippen LogP contribution >= 0.6 is 23.2 Å². The highest BCUT2D eigenvalue weighted by Crippen LogP contribution is 2.26.